The first-order valence-electron chi connectivity index (χ1n) is 6.44. The normalized spacial score (nSPS) is 30.7. The second-order valence-corrected chi connectivity index (χ2v) is 7.82. The maximum Gasteiger partial charge on any atom is 0.0701 e. The van der Waals surface area contributed by atoms with E-state index in [1.807, 2.05) is 11.3 Å². The predicted molar refractivity (Wildman–Crippen MR) is 76.5 cm³/mol. The molecule has 0 saturated carbocycles. The van der Waals surface area contributed by atoms with E-state index in [2.05, 4.69) is 44.8 Å². The molecule has 2 atom stereocenters. The minimum absolute atomic E-state index is 0.699. The average molecular weight is 315 g/mol. The lowest BCUT2D eigenvalue weighted by molar-refractivity contribution is 0.0547. The summed E-state index contributed by atoms with van der Waals surface area (Å²) in [6.07, 6.45) is 2.80. The van der Waals surface area contributed by atoms with Crippen LogP contribution in [0.1, 0.15) is 24.6 Å². The smallest absolute Gasteiger partial charge is 0.0701 e. The van der Waals surface area contributed by atoms with Crippen molar-refractivity contribution in [2.45, 2.75) is 38.4 Å². The first-order valence-corrected chi connectivity index (χ1v) is 8.05. The summed E-state index contributed by atoms with van der Waals surface area (Å²) in [5.41, 5.74) is 0. The highest BCUT2D eigenvalue weighted by Gasteiger charge is 2.34. The second-order valence-electron chi connectivity index (χ2n) is 5.28. The SMILES string of the molecule is C[C@@H]1CN2CCCC2CN1Cc1ccc(Br)s1. The Bertz CT molecular complexity index is 393. The monoisotopic (exact) mass is 314 g/mol. The summed E-state index contributed by atoms with van der Waals surface area (Å²) in [5, 5.41) is 0. The maximum absolute atomic E-state index is 3.55. The van der Waals surface area contributed by atoms with E-state index in [4.69, 9.17) is 0 Å². The van der Waals surface area contributed by atoms with Crippen molar-refractivity contribution in [3.8, 4) is 0 Å². The molecule has 4 heteroatoms. The molecule has 17 heavy (non-hydrogen) atoms. The number of rotatable bonds is 2. The Hall–Kier alpha value is 0.1000. The molecule has 94 valence electrons. The fourth-order valence-electron chi connectivity index (χ4n) is 3.11. The molecule has 3 rings (SSSR count). The van der Waals surface area contributed by atoms with Crippen LogP contribution in [0.3, 0.4) is 0 Å². The Morgan fingerprint density at radius 2 is 2.29 bits per heavy atom. The van der Waals surface area contributed by atoms with Gasteiger partial charge in [-0.25, -0.2) is 0 Å². The molecule has 0 bridgehead atoms. The zero-order valence-corrected chi connectivity index (χ0v) is 12.6. The molecule has 2 aliphatic heterocycles. The van der Waals surface area contributed by atoms with Crippen LogP contribution in [0.5, 0.6) is 0 Å². The van der Waals surface area contributed by atoms with E-state index in [0.717, 1.165) is 12.6 Å². The van der Waals surface area contributed by atoms with Gasteiger partial charge in [-0.15, -0.1) is 11.3 Å². The summed E-state index contributed by atoms with van der Waals surface area (Å²) in [6.45, 7) is 7.35. The van der Waals surface area contributed by atoms with Crippen molar-refractivity contribution < 1.29 is 0 Å². The topological polar surface area (TPSA) is 6.48 Å². The van der Waals surface area contributed by atoms with E-state index < -0.39 is 0 Å². The highest BCUT2D eigenvalue weighted by Crippen LogP contribution is 2.28. The summed E-state index contributed by atoms with van der Waals surface area (Å²) in [5.74, 6) is 0. The summed E-state index contributed by atoms with van der Waals surface area (Å²) >= 11 is 5.42. The van der Waals surface area contributed by atoms with E-state index in [1.165, 1.54) is 41.1 Å². The van der Waals surface area contributed by atoms with E-state index >= 15 is 0 Å². The number of hydrogen-bond donors (Lipinski definition) is 0. The van der Waals surface area contributed by atoms with Gasteiger partial charge in [-0.05, 0) is 54.4 Å². The molecule has 0 aliphatic carbocycles. The number of piperazine rings is 1. The Kier molecular flexibility index (Phi) is 3.57. The molecular formula is C13H19BrN2S. The van der Waals surface area contributed by atoms with Crippen LogP contribution in [0.25, 0.3) is 0 Å². The van der Waals surface area contributed by atoms with Crippen LogP contribution in [0, 0.1) is 0 Å². The number of nitrogens with zero attached hydrogens (tertiary/aromatic N) is 2. The molecule has 2 fully saturated rings. The van der Waals surface area contributed by atoms with Crippen molar-refractivity contribution in [1.29, 1.82) is 0 Å². The van der Waals surface area contributed by atoms with Crippen molar-refractivity contribution in [2.24, 2.45) is 0 Å². The van der Waals surface area contributed by atoms with Gasteiger partial charge in [-0.3, -0.25) is 9.80 Å². The van der Waals surface area contributed by atoms with Crippen molar-refractivity contribution in [3.05, 3.63) is 20.8 Å². The quantitative estimate of drug-likeness (QED) is 0.827. The first-order chi connectivity index (χ1) is 8.22. The molecule has 1 unspecified atom stereocenters. The van der Waals surface area contributed by atoms with Gasteiger partial charge in [0.1, 0.15) is 0 Å². The van der Waals surface area contributed by atoms with Crippen LogP contribution in [0.4, 0.5) is 0 Å². The fraction of sp³-hybridized carbons (Fsp3) is 0.692. The van der Waals surface area contributed by atoms with Crippen LogP contribution in [0.2, 0.25) is 0 Å². The van der Waals surface area contributed by atoms with Gasteiger partial charge in [0.05, 0.1) is 3.79 Å². The van der Waals surface area contributed by atoms with E-state index in [1.54, 1.807) is 0 Å². The number of fused-ring (bicyclic) bond motifs is 1. The van der Waals surface area contributed by atoms with Gasteiger partial charge in [0.25, 0.3) is 0 Å². The van der Waals surface area contributed by atoms with Crippen LogP contribution < -0.4 is 0 Å². The van der Waals surface area contributed by atoms with Gasteiger partial charge >= 0.3 is 0 Å². The summed E-state index contributed by atoms with van der Waals surface area (Å²) in [7, 11) is 0. The maximum atomic E-state index is 3.55. The third-order valence-corrected chi connectivity index (χ3v) is 5.66. The van der Waals surface area contributed by atoms with Gasteiger partial charge in [0.15, 0.2) is 0 Å². The van der Waals surface area contributed by atoms with Crippen molar-refractivity contribution in [3.63, 3.8) is 0 Å². The Morgan fingerprint density at radius 3 is 3.06 bits per heavy atom. The Morgan fingerprint density at radius 1 is 1.41 bits per heavy atom. The van der Waals surface area contributed by atoms with Gasteiger partial charge in [0, 0.05) is 36.6 Å². The number of halogens is 1. The summed E-state index contributed by atoms with van der Waals surface area (Å²) in [6, 6.07) is 5.94. The molecule has 1 aromatic heterocycles. The first kappa shape index (κ1) is 12.2. The largest absolute Gasteiger partial charge is 0.298 e. The molecule has 0 amide bonds. The molecule has 0 spiro atoms. The van der Waals surface area contributed by atoms with Crippen molar-refractivity contribution in [1.82, 2.24) is 9.80 Å². The van der Waals surface area contributed by atoms with Gasteiger partial charge in [-0.2, -0.15) is 0 Å². The Labute approximate surface area is 116 Å². The van der Waals surface area contributed by atoms with Crippen molar-refractivity contribution >= 4 is 27.3 Å². The third-order valence-electron chi connectivity index (χ3n) is 4.05. The van der Waals surface area contributed by atoms with Crippen LogP contribution in [-0.4, -0.2) is 41.5 Å². The van der Waals surface area contributed by atoms with E-state index in [-0.39, 0.29) is 0 Å². The van der Waals surface area contributed by atoms with E-state index in [0.29, 0.717) is 6.04 Å². The molecule has 0 N–H and O–H groups in total. The number of thiophene rings is 1. The lowest BCUT2D eigenvalue weighted by Crippen LogP contribution is -2.54. The minimum atomic E-state index is 0.699. The predicted octanol–water partition coefficient (Wildman–Crippen LogP) is 3.18. The highest BCUT2D eigenvalue weighted by molar-refractivity contribution is 9.11. The minimum Gasteiger partial charge on any atom is -0.298 e. The standard InChI is InChI=1S/C13H19BrN2S/c1-10-7-15-6-2-3-11(15)8-16(10)9-12-4-5-13(14)17-12/h4-5,10-11H,2-3,6-9H2,1H3/t10-,11?/m1/s1. The molecule has 2 saturated heterocycles. The van der Waals surface area contributed by atoms with E-state index in [9.17, 15) is 0 Å². The van der Waals surface area contributed by atoms with Crippen LogP contribution >= 0.6 is 27.3 Å². The summed E-state index contributed by atoms with van der Waals surface area (Å²) < 4.78 is 1.25. The fourth-order valence-corrected chi connectivity index (χ4v) is 4.61. The molecule has 0 aromatic carbocycles. The van der Waals surface area contributed by atoms with Gasteiger partial charge in [-0.1, -0.05) is 0 Å². The highest BCUT2D eigenvalue weighted by atomic mass is 79.9. The molecule has 2 aliphatic rings. The zero-order valence-electron chi connectivity index (χ0n) is 10.2. The molecule has 2 nitrogen and oxygen atoms in total. The zero-order chi connectivity index (χ0) is 11.8. The van der Waals surface area contributed by atoms with Gasteiger partial charge < -0.3 is 0 Å². The molecule has 3 heterocycles. The van der Waals surface area contributed by atoms with Crippen LogP contribution in [0.15, 0.2) is 15.9 Å². The average Bonchev–Trinajstić information content (AvgIpc) is 2.88. The van der Waals surface area contributed by atoms with Crippen LogP contribution in [-0.2, 0) is 6.54 Å². The Balaban J connectivity index is 1.66. The second kappa shape index (κ2) is 5.00. The summed E-state index contributed by atoms with van der Waals surface area (Å²) in [4.78, 5) is 6.83. The number of hydrogen-bond acceptors (Lipinski definition) is 3. The molecular weight excluding hydrogens is 296 g/mol. The lowest BCUT2D eigenvalue weighted by atomic mass is 10.1. The molecule has 1 aromatic rings. The molecule has 0 radical (unpaired) electrons. The third kappa shape index (κ3) is 2.60. The lowest BCUT2D eigenvalue weighted by Gasteiger charge is -2.42. The van der Waals surface area contributed by atoms with Gasteiger partial charge in [0.2, 0.25) is 0 Å². The van der Waals surface area contributed by atoms with Crippen molar-refractivity contribution in [2.75, 3.05) is 19.6 Å².